The summed E-state index contributed by atoms with van der Waals surface area (Å²) >= 11 is 0. The van der Waals surface area contributed by atoms with Gasteiger partial charge in [0, 0.05) is 6.42 Å². The van der Waals surface area contributed by atoms with Gasteiger partial charge in [0.15, 0.2) is 0 Å². The van der Waals surface area contributed by atoms with E-state index in [9.17, 15) is 4.79 Å². The third-order valence-electron chi connectivity index (χ3n) is 4.81. The van der Waals surface area contributed by atoms with Gasteiger partial charge < -0.3 is 10.6 Å². The van der Waals surface area contributed by atoms with Crippen molar-refractivity contribution in [2.45, 2.75) is 31.7 Å². The van der Waals surface area contributed by atoms with Crippen LogP contribution in [-0.4, -0.2) is 19.0 Å². The largest absolute Gasteiger partial charge is 0.345 e. The number of carbonyl (C=O) groups excluding carboxylic acids is 1. The van der Waals surface area contributed by atoms with E-state index in [1.54, 1.807) is 0 Å². The third kappa shape index (κ3) is 5.87. The van der Waals surface area contributed by atoms with Gasteiger partial charge >= 0.3 is 0 Å². The van der Waals surface area contributed by atoms with E-state index in [2.05, 4.69) is 34.9 Å². The Kier molecular flexibility index (Phi) is 7.96. The number of carbonyl (C=O) groups is 1. The Morgan fingerprint density at radius 2 is 1.48 bits per heavy atom. The lowest BCUT2D eigenvalue weighted by atomic mass is 9.92. The summed E-state index contributed by atoms with van der Waals surface area (Å²) in [5, 5.41) is 6.61. The maximum Gasteiger partial charge on any atom is 0.220 e. The predicted molar refractivity (Wildman–Crippen MR) is 105 cm³/mol. The monoisotopic (exact) mass is 358 g/mol. The number of hydrogen-bond donors (Lipinski definition) is 2. The highest BCUT2D eigenvalue weighted by atomic mass is 35.5. The Hall–Kier alpha value is -1.84. The first-order valence-electron chi connectivity index (χ1n) is 8.93. The molecule has 0 aliphatic carbocycles. The maximum atomic E-state index is 12.5. The van der Waals surface area contributed by atoms with Crippen LogP contribution in [0.2, 0.25) is 0 Å². The molecule has 2 N–H and O–H groups in total. The van der Waals surface area contributed by atoms with Gasteiger partial charge in [0.25, 0.3) is 0 Å². The van der Waals surface area contributed by atoms with E-state index in [1.807, 2.05) is 36.4 Å². The molecule has 0 radical (unpaired) electrons. The van der Waals surface area contributed by atoms with Gasteiger partial charge in [0.1, 0.15) is 0 Å². The second-order valence-corrected chi connectivity index (χ2v) is 6.55. The van der Waals surface area contributed by atoms with Crippen LogP contribution < -0.4 is 10.6 Å². The first kappa shape index (κ1) is 19.5. The fourth-order valence-electron chi connectivity index (χ4n) is 3.39. The smallest absolute Gasteiger partial charge is 0.220 e. The van der Waals surface area contributed by atoms with Crippen LogP contribution >= 0.6 is 12.4 Å². The van der Waals surface area contributed by atoms with Gasteiger partial charge in [-0.15, -0.1) is 12.4 Å². The van der Waals surface area contributed by atoms with Crippen molar-refractivity contribution in [3.63, 3.8) is 0 Å². The fourth-order valence-corrected chi connectivity index (χ4v) is 3.39. The van der Waals surface area contributed by atoms with E-state index >= 15 is 0 Å². The molecule has 25 heavy (non-hydrogen) atoms. The quantitative estimate of drug-likeness (QED) is 0.816. The summed E-state index contributed by atoms with van der Waals surface area (Å²) in [6.07, 6.45) is 3.98. The lowest BCUT2D eigenvalue weighted by Gasteiger charge is -2.23. The van der Waals surface area contributed by atoms with Crippen molar-refractivity contribution >= 4 is 18.3 Å². The first-order valence-corrected chi connectivity index (χ1v) is 8.93. The number of hydrogen-bond acceptors (Lipinski definition) is 2. The summed E-state index contributed by atoms with van der Waals surface area (Å²) in [6, 6.07) is 20.3. The molecule has 0 bridgehead atoms. The SMILES string of the molecule is Cl.O=C(CCC1CCNCC1)NC(c1ccccc1)c1ccccc1. The molecular formula is C21H27ClN2O. The molecule has 0 aromatic heterocycles. The number of piperidine rings is 1. The molecule has 0 atom stereocenters. The zero-order valence-electron chi connectivity index (χ0n) is 14.5. The van der Waals surface area contributed by atoms with Crippen LogP contribution in [0.25, 0.3) is 0 Å². The molecule has 4 heteroatoms. The van der Waals surface area contributed by atoms with Gasteiger partial charge in [-0.1, -0.05) is 60.7 Å². The molecule has 0 spiro atoms. The van der Waals surface area contributed by atoms with Crippen LogP contribution in [0, 0.1) is 5.92 Å². The summed E-state index contributed by atoms with van der Waals surface area (Å²) in [5.41, 5.74) is 2.25. The molecule has 1 aliphatic heterocycles. The second-order valence-electron chi connectivity index (χ2n) is 6.55. The molecule has 1 aliphatic rings. The molecule has 1 fully saturated rings. The van der Waals surface area contributed by atoms with Gasteiger partial charge in [-0.05, 0) is 49.4 Å². The van der Waals surface area contributed by atoms with Gasteiger partial charge in [-0.3, -0.25) is 4.79 Å². The number of nitrogens with one attached hydrogen (secondary N) is 2. The molecule has 3 nitrogen and oxygen atoms in total. The van der Waals surface area contributed by atoms with Crippen LogP contribution in [-0.2, 0) is 4.79 Å². The minimum atomic E-state index is -0.0760. The van der Waals surface area contributed by atoms with Crippen LogP contribution in [0.3, 0.4) is 0 Å². The summed E-state index contributed by atoms with van der Waals surface area (Å²) in [6.45, 7) is 2.17. The van der Waals surface area contributed by atoms with Crippen molar-refractivity contribution in [2.24, 2.45) is 5.92 Å². The zero-order valence-corrected chi connectivity index (χ0v) is 15.3. The van der Waals surface area contributed by atoms with E-state index in [-0.39, 0.29) is 24.4 Å². The fraction of sp³-hybridized carbons (Fsp3) is 0.381. The van der Waals surface area contributed by atoms with Crippen LogP contribution in [0.5, 0.6) is 0 Å². The van der Waals surface area contributed by atoms with Crippen molar-refractivity contribution in [1.29, 1.82) is 0 Å². The highest BCUT2D eigenvalue weighted by molar-refractivity contribution is 5.85. The highest BCUT2D eigenvalue weighted by Gasteiger charge is 2.18. The maximum absolute atomic E-state index is 12.5. The predicted octanol–water partition coefficient (Wildman–Crippen LogP) is 4.09. The van der Waals surface area contributed by atoms with Crippen molar-refractivity contribution < 1.29 is 4.79 Å². The minimum absolute atomic E-state index is 0. The van der Waals surface area contributed by atoms with Gasteiger partial charge in [-0.25, -0.2) is 0 Å². The molecule has 1 amide bonds. The Balaban J connectivity index is 0.00000225. The zero-order chi connectivity index (χ0) is 16.6. The third-order valence-corrected chi connectivity index (χ3v) is 4.81. The Bertz CT molecular complexity index is 587. The van der Waals surface area contributed by atoms with E-state index in [4.69, 9.17) is 0 Å². The summed E-state index contributed by atoms with van der Waals surface area (Å²) < 4.78 is 0. The van der Waals surface area contributed by atoms with Crippen molar-refractivity contribution in [2.75, 3.05) is 13.1 Å². The molecule has 1 heterocycles. The highest BCUT2D eigenvalue weighted by Crippen LogP contribution is 2.23. The average Bonchev–Trinajstić information content (AvgIpc) is 2.67. The number of rotatable bonds is 6. The summed E-state index contributed by atoms with van der Waals surface area (Å²) in [4.78, 5) is 12.5. The van der Waals surface area contributed by atoms with Crippen molar-refractivity contribution in [1.82, 2.24) is 10.6 Å². The first-order chi connectivity index (χ1) is 11.8. The molecule has 134 valence electrons. The van der Waals surface area contributed by atoms with Gasteiger partial charge in [0.2, 0.25) is 5.91 Å². The van der Waals surface area contributed by atoms with Crippen LogP contribution in [0.1, 0.15) is 42.9 Å². The van der Waals surface area contributed by atoms with E-state index in [0.717, 1.165) is 30.6 Å². The Labute approximate surface area is 156 Å². The normalized spacial score (nSPS) is 14.8. The second kappa shape index (κ2) is 10.2. The molecule has 2 aromatic rings. The van der Waals surface area contributed by atoms with Gasteiger partial charge in [0.05, 0.1) is 6.04 Å². The number of halogens is 1. The van der Waals surface area contributed by atoms with Gasteiger partial charge in [-0.2, -0.15) is 0 Å². The number of amides is 1. The number of benzene rings is 2. The van der Waals surface area contributed by atoms with E-state index in [0.29, 0.717) is 12.3 Å². The Morgan fingerprint density at radius 1 is 0.960 bits per heavy atom. The lowest BCUT2D eigenvalue weighted by Crippen LogP contribution is -2.31. The molecule has 0 saturated carbocycles. The standard InChI is InChI=1S/C21H26N2O.ClH/c24-20(12-11-17-13-15-22-16-14-17)23-21(18-7-3-1-4-8-18)19-9-5-2-6-10-19;/h1-10,17,21-22H,11-16H2,(H,23,24);1H. The molecule has 3 rings (SSSR count). The molecule has 2 aromatic carbocycles. The molecular weight excluding hydrogens is 332 g/mol. The summed E-state index contributed by atoms with van der Waals surface area (Å²) in [5.74, 6) is 0.829. The minimum Gasteiger partial charge on any atom is -0.345 e. The summed E-state index contributed by atoms with van der Waals surface area (Å²) in [7, 11) is 0. The van der Waals surface area contributed by atoms with E-state index < -0.39 is 0 Å². The van der Waals surface area contributed by atoms with Crippen molar-refractivity contribution in [3.05, 3.63) is 71.8 Å². The van der Waals surface area contributed by atoms with E-state index in [1.165, 1.54) is 12.8 Å². The lowest BCUT2D eigenvalue weighted by molar-refractivity contribution is -0.121. The van der Waals surface area contributed by atoms with Crippen molar-refractivity contribution in [3.8, 4) is 0 Å². The van der Waals surface area contributed by atoms with Crippen LogP contribution in [0.15, 0.2) is 60.7 Å². The van der Waals surface area contributed by atoms with Crippen LogP contribution in [0.4, 0.5) is 0 Å². The molecule has 0 unspecified atom stereocenters. The average molecular weight is 359 g/mol. The topological polar surface area (TPSA) is 41.1 Å². The molecule has 1 saturated heterocycles. The Morgan fingerprint density at radius 3 is 2.00 bits per heavy atom.